The van der Waals surface area contributed by atoms with Gasteiger partial charge in [0.1, 0.15) is 5.75 Å². The van der Waals surface area contributed by atoms with Crippen LogP contribution in [0.5, 0.6) is 11.5 Å². The molecule has 5 nitrogen and oxygen atoms in total. The van der Waals surface area contributed by atoms with Crippen LogP contribution in [0.15, 0.2) is 35.3 Å². The van der Waals surface area contributed by atoms with Gasteiger partial charge in [-0.2, -0.15) is 5.10 Å². The lowest BCUT2D eigenvalue weighted by Crippen LogP contribution is -2.21. The Morgan fingerprint density at radius 1 is 1.11 bits per heavy atom. The number of ether oxygens (including phenoxy) is 2. The Kier molecular flexibility index (Phi) is 3.32. The summed E-state index contributed by atoms with van der Waals surface area (Å²) in [4.78, 5) is 12.1. The summed E-state index contributed by atoms with van der Waals surface area (Å²) < 4.78 is 11.6. The van der Waals surface area contributed by atoms with Crippen molar-refractivity contribution < 1.29 is 9.47 Å². The van der Waals surface area contributed by atoms with Gasteiger partial charge in [0.25, 0.3) is 5.56 Å². The number of nitrogens with zero attached hydrogens (tertiary/aromatic N) is 2. The van der Waals surface area contributed by atoms with Crippen LogP contribution in [-0.2, 0) is 7.05 Å². The first-order valence-electron chi connectivity index (χ1n) is 5.42. The summed E-state index contributed by atoms with van der Waals surface area (Å²) >= 11 is 0. The molecular formula is C13H14N2O3. The molecule has 0 aliphatic carbocycles. The van der Waals surface area contributed by atoms with Crippen molar-refractivity contribution in [2.45, 2.75) is 0 Å². The summed E-state index contributed by atoms with van der Waals surface area (Å²) in [6, 6.07) is 7.24. The molecule has 0 bridgehead atoms. The van der Waals surface area contributed by atoms with Crippen molar-refractivity contribution >= 4 is 0 Å². The van der Waals surface area contributed by atoms with E-state index in [9.17, 15) is 4.79 Å². The third-order valence-corrected chi connectivity index (χ3v) is 2.70. The minimum Gasteiger partial charge on any atom is -0.497 e. The maximum absolute atomic E-state index is 12.1. The van der Waals surface area contributed by atoms with E-state index in [2.05, 4.69) is 5.10 Å². The zero-order valence-electron chi connectivity index (χ0n) is 10.5. The molecule has 0 N–H and O–H groups in total. The molecule has 0 radical (unpaired) electrons. The van der Waals surface area contributed by atoms with Crippen molar-refractivity contribution in [2.24, 2.45) is 7.05 Å². The molecular weight excluding hydrogens is 232 g/mol. The molecule has 2 rings (SSSR count). The molecule has 1 aromatic heterocycles. The summed E-state index contributed by atoms with van der Waals surface area (Å²) in [6.07, 6.45) is 1.53. The number of hydrogen-bond acceptors (Lipinski definition) is 4. The van der Waals surface area contributed by atoms with Gasteiger partial charge in [0.05, 0.1) is 26.0 Å². The zero-order valence-corrected chi connectivity index (χ0v) is 10.5. The second kappa shape index (κ2) is 4.91. The molecule has 0 saturated heterocycles. The number of aryl methyl sites for hydroxylation is 1. The van der Waals surface area contributed by atoms with Gasteiger partial charge in [0, 0.05) is 7.05 Å². The highest BCUT2D eigenvalue weighted by Gasteiger charge is 2.12. The first-order valence-corrected chi connectivity index (χ1v) is 5.42. The predicted molar refractivity (Wildman–Crippen MR) is 68.0 cm³/mol. The fourth-order valence-corrected chi connectivity index (χ4v) is 1.70. The Morgan fingerprint density at radius 2 is 1.78 bits per heavy atom. The third kappa shape index (κ3) is 2.07. The average Bonchev–Trinajstić information content (AvgIpc) is 2.42. The van der Waals surface area contributed by atoms with Crippen LogP contribution in [0.2, 0.25) is 0 Å². The molecule has 2 aromatic rings. The fraction of sp³-hybridized carbons (Fsp3) is 0.231. The van der Waals surface area contributed by atoms with Gasteiger partial charge in [0.2, 0.25) is 0 Å². The summed E-state index contributed by atoms with van der Waals surface area (Å²) in [6.45, 7) is 0. The molecule has 0 aliphatic rings. The van der Waals surface area contributed by atoms with E-state index in [0.717, 1.165) is 11.3 Å². The Labute approximate surface area is 105 Å². The maximum Gasteiger partial charge on any atom is 0.278 e. The van der Waals surface area contributed by atoms with Gasteiger partial charge in [0.15, 0.2) is 5.75 Å². The van der Waals surface area contributed by atoms with Crippen molar-refractivity contribution in [3.63, 3.8) is 0 Å². The lowest BCUT2D eigenvalue weighted by Gasteiger charge is -2.09. The van der Waals surface area contributed by atoms with Crippen molar-refractivity contribution in [1.29, 1.82) is 0 Å². The van der Waals surface area contributed by atoms with Gasteiger partial charge in [-0.15, -0.1) is 0 Å². The molecule has 0 saturated carbocycles. The summed E-state index contributed by atoms with van der Waals surface area (Å²) in [7, 11) is 4.72. The monoisotopic (exact) mass is 246 g/mol. The van der Waals surface area contributed by atoms with Gasteiger partial charge < -0.3 is 9.47 Å². The first kappa shape index (κ1) is 12.2. The van der Waals surface area contributed by atoms with Crippen LogP contribution in [0.4, 0.5) is 0 Å². The highest BCUT2D eigenvalue weighted by molar-refractivity contribution is 5.69. The quantitative estimate of drug-likeness (QED) is 0.822. The largest absolute Gasteiger partial charge is 0.497 e. The fourth-order valence-electron chi connectivity index (χ4n) is 1.70. The van der Waals surface area contributed by atoms with Crippen LogP contribution < -0.4 is 15.0 Å². The summed E-state index contributed by atoms with van der Waals surface area (Å²) in [5, 5.41) is 3.92. The molecule has 0 unspecified atom stereocenters. The second-order valence-electron chi connectivity index (χ2n) is 3.75. The van der Waals surface area contributed by atoms with Crippen LogP contribution in [-0.4, -0.2) is 24.0 Å². The van der Waals surface area contributed by atoms with E-state index < -0.39 is 0 Å². The van der Waals surface area contributed by atoms with E-state index in [0.29, 0.717) is 11.3 Å². The molecule has 0 amide bonds. The maximum atomic E-state index is 12.1. The predicted octanol–water partition coefficient (Wildman–Crippen LogP) is 1.46. The molecule has 0 atom stereocenters. The lowest BCUT2D eigenvalue weighted by atomic mass is 10.1. The van der Waals surface area contributed by atoms with E-state index in [1.54, 1.807) is 26.3 Å². The van der Waals surface area contributed by atoms with Gasteiger partial charge in [-0.25, -0.2) is 4.68 Å². The molecule has 1 aromatic carbocycles. The van der Waals surface area contributed by atoms with E-state index in [4.69, 9.17) is 9.47 Å². The van der Waals surface area contributed by atoms with Gasteiger partial charge in [-0.05, 0) is 17.7 Å². The Balaban J connectivity index is 2.61. The SMILES string of the molecule is COc1ccc(-c2c(OC)cnn(C)c2=O)cc1. The summed E-state index contributed by atoms with van der Waals surface area (Å²) in [5.74, 6) is 1.20. The third-order valence-electron chi connectivity index (χ3n) is 2.70. The number of benzene rings is 1. The number of hydrogen-bond donors (Lipinski definition) is 0. The molecule has 0 spiro atoms. The molecule has 5 heteroatoms. The van der Waals surface area contributed by atoms with Crippen molar-refractivity contribution in [1.82, 2.24) is 9.78 Å². The molecule has 0 aliphatic heterocycles. The highest BCUT2D eigenvalue weighted by Crippen LogP contribution is 2.26. The standard InChI is InChI=1S/C13H14N2O3/c1-15-13(16)12(11(18-3)8-14-15)9-4-6-10(17-2)7-5-9/h4-8H,1-3H3. The molecule has 18 heavy (non-hydrogen) atoms. The molecule has 94 valence electrons. The highest BCUT2D eigenvalue weighted by atomic mass is 16.5. The minimum atomic E-state index is -0.195. The van der Waals surface area contributed by atoms with Gasteiger partial charge >= 0.3 is 0 Å². The second-order valence-corrected chi connectivity index (χ2v) is 3.75. The van der Waals surface area contributed by atoms with E-state index in [-0.39, 0.29) is 5.56 Å². The van der Waals surface area contributed by atoms with Crippen LogP contribution >= 0.6 is 0 Å². The van der Waals surface area contributed by atoms with Crippen molar-refractivity contribution in [3.05, 3.63) is 40.8 Å². The van der Waals surface area contributed by atoms with E-state index in [1.807, 2.05) is 12.1 Å². The van der Waals surface area contributed by atoms with Gasteiger partial charge in [-0.3, -0.25) is 4.79 Å². The van der Waals surface area contributed by atoms with E-state index in [1.165, 1.54) is 18.0 Å². The minimum absolute atomic E-state index is 0.195. The molecule has 0 fully saturated rings. The first-order chi connectivity index (χ1) is 8.67. The van der Waals surface area contributed by atoms with Crippen LogP contribution in [0.3, 0.4) is 0 Å². The normalized spacial score (nSPS) is 10.2. The van der Waals surface area contributed by atoms with Gasteiger partial charge in [-0.1, -0.05) is 12.1 Å². The zero-order chi connectivity index (χ0) is 13.1. The van der Waals surface area contributed by atoms with Crippen LogP contribution in [0, 0.1) is 0 Å². The lowest BCUT2D eigenvalue weighted by molar-refractivity contribution is 0.409. The number of methoxy groups -OCH3 is 2. The number of rotatable bonds is 3. The Bertz CT molecular complexity index is 603. The van der Waals surface area contributed by atoms with Crippen molar-refractivity contribution in [3.8, 4) is 22.6 Å². The Hall–Kier alpha value is -2.30. The summed E-state index contributed by atoms with van der Waals surface area (Å²) in [5.41, 5.74) is 1.08. The van der Waals surface area contributed by atoms with Crippen LogP contribution in [0.1, 0.15) is 0 Å². The number of aromatic nitrogens is 2. The van der Waals surface area contributed by atoms with Crippen LogP contribution in [0.25, 0.3) is 11.1 Å². The van der Waals surface area contributed by atoms with E-state index >= 15 is 0 Å². The Morgan fingerprint density at radius 3 is 2.33 bits per heavy atom. The smallest absolute Gasteiger partial charge is 0.278 e. The average molecular weight is 246 g/mol. The van der Waals surface area contributed by atoms with Crippen molar-refractivity contribution in [2.75, 3.05) is 14.2 Å². The topological polar surface area (TPSA) is 53.4 Å². The molecule has 1 heterocycles.